The van der Waals surface area contributed by atoms with Crippen molar-refractivity contribution < 1.29 is 18.0 Å². The van der Waals surface area contributed by atoms with Crippen LogP contribution in [0.4, 0.5) is 5.69 Å². The summed E-state index contributed by atoms with van der Waals surface area (Å²) in [5.74, 6) is -0.796. The van der Waals surface area contributed by atoms with Gasteiger partial charge in [-0.15, -0.1) is 0 Å². The number of carbonyl (C=O) groups is 2. The molecule has 2 aromatic rings. The molecular weight excluding hydrogens is 450 g/mol. The third kappa shape index (κ3) is 6.71. The highest BCUT2D eigenvalue weighted by atomic mass is 35.5. The SMILES string of the molecule is CCCNC(=O)C(C)N(Cc1ccccc1C)C(=O)CN(c1ccccc1Cl)S(C)(=O)=O. The molecule has 9 heteroatoms. The van der Waals surface area contributed by atoms with Crippen LogP contribution in [0, 0.1) is 6.92 Å². The quantitative estimate of drug-likeness (QED) is 0.566. The summed E-state index contributed by atoms with van der Waals surface area (Å²) >= 11 is 6.21. The van der Waals surface area contributed by atoms with E-state index in [-0.39, 0.29) is 23.2 Å². The summed E-state index contributed by atoms with van der Waals surface area (Å²) in [6.07, 6.45) is 1.78. The fourth-order valence-electron chi connectivity index (χ4n) is 3.20. The topological polar surface area (TPSA) is 86.8 Å². The van der Waals surface area contributed by atoms with Crippen molar-refractivity contribution in [2.45, 2.75) is 39.8 Å². The van der Waals surface area contributed by atoms with Crippen molar-refractivity contribution in [2.24, 2.45) is 0 Å². The smallest absolute Gasteiger partial charge is 0.244 e. The molecule has 0 heterocycles. The van der Waals surface area contributed by atoms with Crippen LogP contribution in [0.15, 0.2) is 48.5 Å². The molecule has 0 aliphatic carbocycles. The summed E-state index contributed by atoms with van der Waals surface area (Å²) in [6, 6.07) is 13.2. The second kappa shape index (κ2) is 11.3. The van der Waals surface area contributed by atoms with Gasteiger partial charge >= 0.3 is 0 Å². The number of sulfonamides is 1. The van der Waals surface area contributed by atoms with Gasteiger partial charge in [-0.25, -0.2) is 8.42 Å². The Labute approximate surface area is 195 Å². The van der Waals surface area contributed by atoms with E-state index in [0.717, 1.165) is 28.1 Å². The minimum absolute atomic E-state index is 0.173. The molecule has 0 radical (unpaired) electrons. The summed E-state index contributed by atoms with van der Waals surface area (Å²) in [4.78, 5) is 27.5. The first-order valence-corrected chi connectivity index (χ1v) is 12.6. The maximum atomic E-state index is 13.4. The number of anilines is 1. The van der Waals surface area contributed by atoms with E-state index in [9.17, 15) is 18.0 Å². The molecular formula is C23H30ClN3O4S. The van der Waals surface area contributed by atoms with E-state index in [1.807, 2.05) is 38.1 Å². The van der Waals surface area contributed by atoms with Crippen molar-refractivity contribution in [3.8, 4) is 0 Å². The Bertz CT molecular complexity index is 1060. The molecule has 0 bridgehead atoms. The van der Waals surface area contributed by atoms with Gasteiger partial charge < -0.3 is 10.2 Å². The number of hydrogen-bond acceptors (Lipinski definition) is 4. The molecule has 0 aliphatic rings. The lowest BCUT2D eigenvalue weighted by atomic mass is 10.1. The van der Waals surface area contributed by atoms with Gasteiger partial charge in [0.05, 0.1) is 17.0 Å². The van der Waals surface area contributed by atoms with Gasteiger partial charge in [0.15, 0.2) is 0 Å². The fourth-order valence-corrected chi connectivity index (χ4v) is 4.35. The number of benzene rings is 2. The van der Waals surface area contributed by atoms with E-state index in [1.165, 1.54) is 4.90 Å². The highest BCUT2D eigenvalue weighted by Crippen LogP contribution is 2.27. The van der Waals surface area contributed by atoms with Crippen LogP contribution in [0.3, 0.4) is 0 Å². The molecule has 2 rings (SSSR count). The molecule has 0 spiro atoms. The van der Waals surface area contributed by atoms with Crippen LogP contribution in [0.25, 0.3) is 0 Å². The molecule has 2 amide bonds. The van der Waals surface area contributed by atoms with Crippen LogP contribution in [-0.2, 0) is 26.2 Å². The van der Waals surface area contributed by atoms with E-state index >= 15 is 0 Å². The molecule has 0 saturated heterocycles. The molecule has 174 valence electrons. The number of nitrogens with one attached hydrogen (secondary N) is 1. The average molecular weight is 480 g/mol. The number of hydrogen-bond donors (Lipinski definition) is 1. The predicted molar refractivity (Wildman–Crippen MR) is 128 cm³/mol. The Morgan fingerprint density at radius 3 is 2.31 bits per heavy atom. The zero-order valence-electron chi connectivity index (χ0n) is 18.8. The summed E-state index contributed by atoms with van der Waals surface area (Å²) in [5.41, 5.74) is 2.06. The van der Waals surface area contributed by atoms with Crippen LogP contribution in [0.1, 0.15) is 31.4 Å². The second-order valence-electron chi connectivity index (χ2n) is 7.64. The van der Waals surface area contributed by atoms with E-state index in [1.54, 1.807) is 31.2 Å². The lowest BCUT2D eigenvalue weighted by molar-refractivity contribution is -0.139. The molecule has 7 nitrogen and oxygen atoms in total. The zero-order valence-corrected chi connectivity index (χ0v) is 20.4. The minimum atomic E-state index is -3.81. The zero-order chi connectivity index (χ0) is 23.9. The van der Waals surface area contributed by atoms with E-state index < -0.39 is 28.5 Å². The van der Waals surface area contributed by atoms with Crippen molar-refractivity contribution in [3.05, 3.63) is 64.7 Å². The van der Waals surface area contributed by atoms with Gasteiger partial charge in [-0.3, -0.25) is 13.9 Å². The van der Waals surface area contributed by atoms with Crippen LogP contribution in [-0.4, -0.2) is 50.5 Å². The van der Waals surface area contributed by atoms with Gasteiger partial charge in [0.2, 0.25) is 21.8 Å². The first kappa shape index (κ1) is 25.7. The van der Waals surface area contributed by atoms with Crippen LogP contribution < -0.4 is 9.62 Å². The average Bonchev–Trinajstić information content (AvgIpc) is 2.74. The predicted octanol–water partition coefficient (Wildman–Crippen LogP) is 3.36. The molecule has 0 fully saturated rings. The standard InChI is InChI=1S/C23H30ClN3O4S/c1-5-14-25-23(29)18(3)26(15-19-11-7-6-10-17(19)2)22(28)16-27(32(4,30)31)21-13-9-8-12-20(21)24/h6-13,18H,5,14-16H2,1-4H3,(H,25,29). The van der Waals surface area contributed by atoms with Crippen molar-refractivity contribution in [3.63, 3.8) is 0 Å². The Kier molecular flexibility index (Phi) is 9.09. The van der Waals surface area contributed by atoms with Gasteiger partial charge in [0, 0.05) is 13.1 Å². The maximum Gasteiger partial charge on any atom is 0.244 e. The molecule has 1 N–H and O–H groups in total. The molecule has 32 heavy (non-hydrogen) atoms. The van der Waals surface area contributed by atoms with Gasteiger partial charge in [-0.05, 0) is 43.5 Å². The first-order chi connectivity index (χ1) is 15.1. The highest BCUT2D eigenvalue weighted by molar-refractivity contribution is 7.92. The van der Waals surface area contributed by atoms with Crippen molar-refractivity contribution >= 4 is 39.1 Å². The summed E-state index contributed by atoms with van der Waals surface area (Å²) in [5, 5.41) is 3.02. The fraction of sp³-hybridized carbons (Fsp3) is 0.391. The summed E-state index contributed by atoms with van der Waals surface area (Å²) in [7, 11) is -3.81. The third-order valence-corrected chi connectivity index (χ3v) is 6.56. The maximum absolute atomic E-state index is 13.4. The Hall–Kier alpha value is -2.58. The van der Waals surface area contributed by atoms with E-state index in [0.29, 0.717) is 6.54 Å². The van der Waals surface area contributed by atoms with Crippen molar-refractivity contribution in [1.29, 1.82) is 0 Å². The van der Waals surface area contributed by atoms with Gasteiger partial charge in [0.25, 0.3) is 0 Å². The number of carbonyl (C=O) groups excluding carboxylic acids is 2. The largest absolute Gasteiger partial charge is 0.354 e. The van der Waals surface area contributed by atoms with Crippen LogP contribution in [0.2, 0.25) is 5.02 Å². The first-order valence-electron chi connectivity index (χ1n) is 10.4. The molecule has 1 unspecified atom stereocenters. The Morgan fingerprint density at radius 2 is 1.72 bits per heavy atom. The molecule has 0 saturated carbocycles. The molecule has 2 aromatic carbocycles. The lowest BCUT2D eigenvalue weighted by Crippen LogP contribution is -2.51. The number of halogens is 1. The second-order valence-corrected chi connectivity index (χ2v) is 9.95. The van der Waals surface area contributed by atoms with Gasteiger partial charge in [0.1, 0.15) is 12.6 Å². The lowest BCUT2D eigenvalue weighted by Gasteiger charge is -2.32. The monoisotopic (exact) mass is 479 g/mol. The van der Waals surface area contributed by atoms with Crippen LogP contribution in [0.5, 0.6) is 0 Å². The summed E-state index contributed by atoms with van der Waals surface area (Å²) in [6.45, 7) is 5.69. The number of rotatable bonds is 10. The van der Waals surface area contributed by atoms with Crippen LogP contribution >= 0.6 is 11.6 Å². The van der Waals surface area contributed by atoms with Gasteiger partial charge in [-0.2, -0.15) is 0 Å². The van der Waals surface area contributed by atoms with Gasteiger partial charge in [-0.1, -0.05) is 54.9 Å². The van der Waals surface area contributed by atoms with Crippen molar-refractivity contribution in [1.82, 2.24) is 10.2 Å². The molecule has 0 aliphatic heterocycles. The summed E-state index contributed by atoms with van der Waals surface area (Å²) < 4.78 is 26.0. The number of amides is 2. The minimum Gasteiger partial charge on any atom is -0.354 e. The molecule has 0 aromatic heterocycles. The molecule has 1 atom stereocenters. The number of aryl methyl sites for hydroxylation is 1. The number of para-hydroxylation sites is 1. The Balaban J connectivity index is 2.40. The normalized spacial score (nSPS) is 12.2. The van der Waals surface area contributed by atoms with E-state index in [2.05, 4.69) is 5.32 Å². The van der Waals surface area contributed by atoms with E-state index in [4.69, 9.17) is 11.6 Å². The Morgan fingerprint density at radius 1 is 1.09 bits per heavy atom. The highest BCUT2D eigenvalue weighted by Gasteiger charge is 2.30. The van der Waals surface area contributed by atoms with Crippen molar-refractivity contribution in [2.75, 3.05) is 23.7 Å². The number of nitrogens with zero attached hydrogens (tertiary/aromatic N) is 2. The third-order valence-electron chi connectivity index (χ3n) is 5.12.